The van der Waals surface area contributed by atoms with Gasteiger partial charge in [-0.3, -0.25) is 0 Å². The lowest BCUT2D eigenvalue weighted by Gasteiger charge is -2.14. The largest absolute Gasteiger partial charge is 0.507 e. The fourth-order valence-corrected chi connectivity index (χ4v) is 4.62. The smallest absolute Gasteiger partial charge is 0.155 e. The van der Waals surface area contributed by atoms with Crippen LogP contribution in [0.5, 0.6) is 5.75 Å². The lowest BCUT2D eigenvalue weighted by atomic mass is 10.1. The van der Waals surface area contributed by atoms with Gasteiger partial charge in [-0.15, -0.1) is 0 Å². The molecule has 15 heavy (non-hydrogen) atoms. The van der Waals surface area contributed by atoms with Crippen LogP contribution in [0.15, 0.2) is 17.0 Å². The molecule has 1 N–H and O–H groups in total. The number of phenolic OH excluding ortho intramolecular Hbond substituents is 1. The zero-order chi connectivity index (χ0) is 10.8. The lowest BCUT2D eigenvalue weighted by Crippen LogP contribution is -2.17. The number of rotatable bonds is 1. The van der Waals surface area contributed by atoms with Gasteiger partial charge in [-0.05, 0) is 56.4 Å². The van der Waals surface area contributed by atoms with Gasteiger partial charge in [-0.2, -0.15) is 0 Å². The van der Waals surface area contributed by atoms with Gasteiger partial charge in [0.05, 0.1) is 0 Å². The third-order valence-corrected chi connectivity index (χ3v) is 5.54. The second-order valence-corrected chi connectivity index (χ2v) is 6.64. The molecule has 0 atom stereocenters. The van der Waals surface area contributed by atoms with Gasteiger partial charge in [0.1, 0.15) is 17.3 Å². The highest BCUT2D eigenvalue weighted by Crippen LogP contribution is 2.29. The molecule has 1 saturated heterocycles. The highest BCUT2D eigenvalue weighted by Gasteiger charge is 2.25. The number of hydrogen-bond donors (Lipinski definition) is 1. The predicted molar refractivity (Wildman–Crippen MR) is 66.8 cm³/mol. The second-order valence-electron chi connectivity index (χ2n) is 4.37. The minimum Gasteiger partial charge on any atom is -0.507 e. The lowest BCUT2D eigenvalue weighted by molar-refractivity contribution is 0.466. The normalized spacial score (nSPS) is 18.0. The second kappa shape index (κ2) is 4.48. The first-order chi connectivity index (χ1) is 7.18. The maximum Gasteiger partial charge on any atom is 0.155 e. The SMILES string of the molecule is Cc1cc([S+]2CCCCC2)cc(C)c1O. The number of aryl methyl sites for hydroxylation is 2. The van der Waals surface area contributed by atoms with Crippen molar-refractivity contribution < 1.29 is 5.11 Å². The summed E-state index contributed by atoms with van der Waals surface area (Å²) in [6.45, 7) is 4.00. The molecular formula is C13H19OS+. The fraction of sp³-hybridized carbons (Fsp3) is 0.538. The summed E-state index contributed by atoms with van der Waals surface area (Å²) in [4.78, 5) is 1.46. The van der Waals surface area contributed by atoms with Crippen molar-refractivity contribution in [2.45, 2.75) is 38.0 Å². The van der Waals surface area contributed by atoms with Crippen LogP contribution < -0.4 is 0 Å². The van der Waals surface area contributed by atoms with Crippen LogP contribution in [0, 0.1) is 13.8 Å². The van der Waals surface area contributed by atoms with E-state index in [1.165, 1.54) is 35.7 Å². The van der Waals surface area contributed by atoms with Crippen molar-refractivity contribution in [2.24, 2.45) is 0 Å². The van der Waals surface area contributed by atoms with Crippen LogP contribution in [0.3, 0.4) is 0 Å². The number of aromatic hydroxyl groups is 1. The van der Waals surface area contributed by atoms with Gasteiger partial charge in [0.15, 0.2) is 4.90 Å². The summed E-state index contributed by atoms with van der Waals surface area (Å²) in [5, 5.41) is 9.73. The molecule has 0 aliphatic carbocycles. The zero-order valence-electron chi connectivity index (χ0n) is 9.55. The summed E-state index contributed by atoms with van der Waals surface area (Å²) in [7, 11) is 0.452. The Morgan fingerprint density at radius 2 is 1.53 bits per heavy atom. The summed E-state index contributed by atoms with van der Waals surface area (Å²) < 4.78 is 0. The molecule has 0 radical (unpaired) electrons. The molecule has 1 aliphatic rings. The molecule has 1 nitrogen and oxygen atoms in total. The molecule has 0 amide bonds. The van der Waals surface area contributed by atoms with Crippen molar-refractivity contribution in [1.82, 2.24) is 0 Å². The third-order valence-electron chi connectivity index (χ3n) is 3.08. The molecule has 1 heterocycles. The van der Waals surface area contributed by atoms with Crippen molar-refractivity contribution in [1.29, 1.82) is 0 Å². The van der Waals surface area contributed by atoms with Crippen molar-refractivity contribution in [3.05, 3.63) is 23.3 Å². The zero-order valence-corrected chi connectivity index (χ0v) is 10.4. The average molecular weight is 223 g/mol. The Labute approximate surface area is 94.9 Å². The van der Waals surface area contributed by atoms with Crippen molar-refractivity contribution in [3.63, 3.8) is 0 Å². The van der Waals surface area contributed by atoms with Crippen LogP contribution in [0.25, 0.3) is 0 Å². The van der Waals surface area contributed by atoms with Gasteiger partial charge >= 0.3 is 0 Å². The van der Waals surface area contributed by atoms with Crippen LogP contribution >= 0.6 is 0 Å². The molecule has 1 aromatic rings. The van der Waals surface area contributed by atoms with Crippen LogP contribution in [0.4, 0.5) is 0 Å². The van der Waals surface area contributed by atoms with Crippen molar-refractivity contribution in [3.8, 4) is 5.75 Å². The standard InChI is InChI=1S/C13H18OS/c1-10-8-12(9-11(2)13(10)14)15-6-4-3-5-7-15/h8-9H,3-7H2,1-2H3/p+1. The van der Waals surface area contributed by atoms with E-state index in [-0.39, 0.29) is 0 Å². The van der Waals surface area contributed by atoms with E-state index >= 15 is 0 Å². The fourth-order valence-electron chi connectivity index (χ4n) is 2.15. The Morgan fingerprint density at radius 3 is 2.07 bits per heavy atom. The Hall–Kier alpha value is -0.630. The third kappa shape index (κ3) is 2.31. The molecule has 1 fully saturated rings. The predicted octanol–water partition coefficient (Wildman–Crippen LogP) is 3.17. The van der Waals surface area contributed by atoms with Crippen LogP contribution in [-0.4, -0.2) is 16.6 Å². The van der Waals surface area contributed by atoms with E-state index in [9.17, 15) is 5.11 Å². The molecule has 0 spiro atoms. The molecule has 0 saturated carbocycles. The topological polar surface area (TPSA) is 20.2 Å². The Bertz CT molecular complexity index is 331. The van der Waals surface area contributed by atoms with E-state index in [0.717, 1.165) is 11.1 Å². The maximum atomic E-state index is 9.73. The van der Waals surface area contributed by atoms with E-state index in [2.05, 4.69) is 12.1 Å². The van der Waals surface area contributed by atoms with Crippen LogP contribution in [0.2, 0.25) is 0 Å². The summed E-state index contributed by atoms with van der Waals surface area (Å²) in [5.41, 5.74) is 2.06. The Balaban J connectivity index is 2.27. The molecule has 82 valence electrons. The first-order valence-electron chi connectivity index (χ1n) is 5.66. The molecule has 0 aromatic heterocycles. The van der Waals surface area contributed by atoms with Gasteiger partial charge in [-0.25, -0.2) is 0 Å². The van der Waals surface area contributed by atoms with Gasteiger partial charge in [0.25, 0.3) is 0 Å². The molecule has 2 rings (SSSR count). The van der Waals surface area contributed by atoms with E-state index in [1.807, 2.05) is 13.8 Å². The van der Waals surface area contributed by atoms with E-state index < -0.39 is 0 Å². The number of hydrogen-bond acceptors (Lipinski definition) is 1. The molecule has 0 unspecified atom stereocenters. The van der Waals surface area contributed by atoms with E-state index in [0.29, 0.717) is 16.6 Å². The Kier molecular flexibility index (Phi) is 3.25. The number of benzene rings is 1. The first-order valence-corrected chi connectivity index (χ1v) is 7.22. The van der Waals surface area contributed by atoms with Gasteiger partial charge < -0.3 is 5.11 Å². The highest BCUT2D eigenvalue weighted by molar-refractivity contribution is 7.96. The van der Waals surface area contributed by atoms with Crippen molar-refractivity contribution in [2.75, 3.05) is 11.5 Å². The van der Waals surface area contributed by atoms with E-state index in [4.69, 9.17) is 0 Å². The van der Waals surface area contributed by atoms with Gasteiger partial charge in [0.2, 0.25) is 0 Å². The Morgan fingerprint density at radius 1 is 1.00 bits per heavy atom. The molecule has 1 aromatic carbocycles. The van der Waals surface area contributed by atoms with Gasteiger partial charge in [0, 0.05) is 10.9 Å². The minimum absolute atomic E-state index is 0.452. The average Bonchev–Trinajstić information content (AvgIpc) is 2.26. The van der Waals surface area contributed by atoms with Gasteiger partial charge in [-0.1, -0.05) is 0 Å². The molecule has 0 bridgehead atoms. The van der Waals surface area contributed by atoms with Crippen molar-refractivity contribution >= 4 is 10.9 Å². The summed E-state index contributed by atoms with van der Waals surface area (Å²) in [6.07, 6.45) is 4.16. The molecular weight excluding hydrogens is 204 g/mol. The van der Waals surface area contributed by atoms with Crippen LogP contribution in [-0.2, 0) is 10.9 Å². The minimum atomic E-state index is 0.452. The van der Waals surface area contributed by atoms with Crippen LogP contribution in [0.1, 0.15) is 30.4 Å². The summed E-state index contributed by atoms with van der Waals surface area (Å²) in [5.74, 6) is 3.17. The highest BCUT2D eigenvalue weighted by atomic mass is 32.2. The molecule has 2 heteroatoms. The maximum absolute atomic E-state index is 9.73. The molecule has 1 aliphatic heterocycles. The summed E-state index contributed by atoms with van der Waals surface area (Å²) >= 11 is 0. The first kappa shape index (κ1) is 10.9. The number of phenols is 1. The monoisotopic (exact) mass is 223 g/mol. The summed E-state index contributed by atoms with van der Waals surface area (Å²) in [6, 6.07) is 4.35. The quantitative estimate of drug-likeness (QED) is 0.725. The van der Waals surface area contributed by atoms with E-state index in [1.54, 1.807) is 0 Å².